The number of anilines is 2. The standard InChI is InChI=1S/C17H15F3N4O/c18-17(19,20)12-8-23-16(24-15(12)21)22-7-10-5-11(10)14-6-9-3-1-2-4-13(9)25-14/h1-4,6,8,10-11H,5,7H2,(H3,21,22,23,24)/t10-,11?/m0/s1. The van der Waals surface area contributed by atoms with Crippen LogP contribution in [0, 0.1) is 5.92 Å². The highest BCUT2D eigenvalue weighted by Crippen LogP contribution is 2.48. The van der Waals surface area contributed by atoms with E-state index in [-0.39, 0.29) is 5.95 Å². The van der Waals surface area contributed by atoms with Crippen LogP contribution in [-0.2, 0) is 6.18 Å². The van der Waals surface area contributed by atoms with Crippen LogP contribution in [0.1, 0.15) is 23.7 Å². The second-order valence-electron chi connectivity index (χ2n) is 6.16. The molecule has 2 atom stereocenters. The van der Waals surface area contributed by atoms with Crippen molar-refractivity contribution in [3.8, 4) is 0 Å². The molecule has 0 saturated heterocycles. The lowest BCUT2D eigenvalue weighted by molar-refractivity contribution is -0.137. The summed E-state index contributed by atoms with van der Waals surface area (Å²) in [4.78, 5) is 7.38. The highest BCUT2D eigenvalue weighted by atomic mass is 19.4. The number of nitrogens with zero attached hydrogens (tertiary/aromatic N) is 2. The molecule has 2 heterocycles. The highest BCUT2D eigenvalue weighted by molar-refractivity contribution is 5.78. The zero-order chi connectivity index (χ0) is 17.6. The largest absolute Gasteiger partial charge is 0.461 e. The number of rotatable bonds is 4. The number of nitrogen functional groups attached to an aromatic ring is 1. The molecule has 4 rings (SSSR count). The van der Waals surface area contributed by atoms with Crippen LogP contribution in [-0.4, -0.2) is 16.5 Å². The van der Waals surface area contributed by atoms with Crippen LogP contribution in [0.2, 0.25) is 0 Å². The zero-order valence-corrected chi connectivity index (χ0v) is 13.0. The van der Waals surface area contributed by atoms with E-state index in [2.05, 4.69) is 15.3 Å². The van der Waals surface area contributed by atoms with E-state index in [0.717, 1.165) is 23.2 Å². The number of furan rings is 1. The Kier molecular flexibility index (Phi) is 3.55. The van der Waals surface area contributed by atoms with Crippen molar-refractivity contribution in [2.45, 2.75) is 18.5 Å². The molecule has 3 N–H and O–H groups in total. The Morgan fingerprint density at radius 2 is 2.08 bits per heavy atom. The molecule has 1 aromatic carbocycles. The fourth-order valence-corrected chi connectivity index (χ4v) is 2.93. The number of nitrogens with one attached hydrogen (secondary N) is 1. The van der Waals surface area contributed by atoms with Crippen LogP contribution in [0.15, 0.2) is 40.9 Å². The molecule has 1 fully saturated rings. The average Bonchev–Trinajstić information content (AvgIpc) is 3.20. The number of hydrogen-bond acceptors (Lipinski definition) is 5. The van der Waals surface area contributed by atoms with Crippen LogP contribution in [0.25, 0.3) is 11.0 Å². The predicted octanol–water partition coefficient (Wildman–Crippen LogP) is 4.04. The molecule has 2 aromatic heterocycles. The number of halogens is 3. The minimum absolute atomic E-state index is 0.0979. The summed E-state index contributed by atoms with van der Waals surface area (Å²) in [6.07, 6.45) is -2.90. The van der Waals surface area contributed by atoms with Crippen LogP contribution in [0.5, 0.6) is 0 Å². The molecule has 25 heavy (non-hydrogen) atoms. The van der Waals surface area contributed by atoms with E-state index in [1.165, 1.54) is 0 Å². The first-order valence-corrected chi connectivity index (χ1v) is 7.84. The Morgan fingerprint density at radius 1 is 1.28 bits per heavy atom. The van der Waals surface area contributed by atoms with Crippen molar-refractivity contribution in [2.24, 2.45) is 5.92 Å². The van der Waals surface area contributed by atoms with E-state index in [0.29, 0.717) is 24.6 Å². The average molecular weight is 348 g/mol. The number of aromatic nitrogens is 2. The molecular weight excluding hydrogens is 333 g/mol. The van der Waals surface area contributed by atoms with Crippen LogP contribution >= 0.6 is 0 Å². The van der Waals surface area contributed by atoms with Crippen LogP contribution in [0.4, 0.5) is 24.9 Å². The van der Waals surface area contributed by atoms with Crippen molar-refractivity contribution in [1.82, 2.24) is 9.97 Å². The lowest BCUT2D eigenvalue weighted by Crippen LogP contribution is -2.14. The number of benzene rings is 1. The van der Waals surface area contributed by atoms with Gasteiger partial charge in [0.05, 0.1) is 0 Å². The van der Waals surface area contributed by atoms with Crippen molar-refractivity contribution in [2.75, 3.05) is 17.6 Å². The number of hydrogen-bond donors (Lipinski definition) is 2. The molecule has 0 radical (unpaired) electrons. The second kappa shape index (κ2) is 5.65. The van der Waals surface area contributed by atoms with E-state index >= 15 is 0 Å². The maximum absolute atomic E-state index is 12.6. The molecule has 0 amide bonds. The highest BCUT2D eigenvalue weighted by Gasteiger charge is 2.41. The molecule has 1 saturated carbocycles. The van der Waals surface area contributed by atoms with Crippen molar-refractivity contribution >= 4 is 22.7 Å². The molecule has 0 aliphatic heterocycles. The minimum Gasteiger partial charge on any atom is -0.461 e. The van der Waals surface area contributed by atoms with Crippen molar-refractivity contribution in [1.29, 1.82) is 0 Å². The van der Waals surface area contributed by atoms with E-state index in [1.54, 1.807) is 0 Å². The van der Waals surface area contributed by atoms with E-state index in [4.69, 9.17) is 10.2 Å². The Morgan fingerprint density at radius 3 is 2.80 bits per heavy atom. The second-order valence-corrected chi connectivity index (χ2v) is 6.16. The Bertz CT molecular complexity index is 889. The first kappa shape index (κ1) is 15.7. The van der Waals surface area contributed by atoms with Gasteiger partial charge in [-0.05, 0) is 24.5 Å². The van der Waals surface area contributed by atoms with Crippen molar-refractivity contribution in [3.63, 3.8) is 0 Å². The Balaban J connectivity index is 1.39. The summed E-state index contributed by atoms with van der Waals surface area (Å²) >= 11 is 0. The lowest BCUT2D eigenvalue weighted by atomic mass is 10.2. The first-order valence-electron chi connectivity index (χ1n) is 7.84. The first-order chi connectivity index (χ1) is 11.9. The van der Waals surface area contributed by atoms with E-state index < -0.39 is 17.6 Å². The van der Waals surface area contributed by atoms with Gasteiger partial charge in [-0.25, -0.2) is 4.98 Å². The van der Waals surface area contributed by atoms with Gasteiger partial charge in [0, 0.05) is 24.0 Å². The molecule has 130 valence electrons. The van der Waals surface area contributed by atoms with Gasteiger partial charge < -0.3 is 15.5 Å². The predicted molar refractivity (Wildman–Crippen MR) is 87.0 cm³/mol. The van der Waals surface area contributed by atoms with Gasteiger partial charge in [-0.1, -0.05) is 18.2 Å². The molecule has 8 heteroatoms. The molecule has 0 spiro atoms. The summed E-state index contributed by atoms with van der Waals surface area (Å²) in [5, 5.41) is 4.01. The maximum Gasteiger partial charge on any atom is 0.421 e. The quantitative estimate of drug-likeness (QED) is 0.744. The lowest BCUT2D eigenvalue weighted by Gasteiger charge is -2.10. The van der Waals surface area contributed by atoms with Gasteiger partial charge in [0.2, 0.25) is 5.95 Å². The molecule has 1 aliphatic rings. The summed E-state index contributed by atoms with van der Waals surface area (Å²) < 4.78 is 43.8. The number of alkyl halides is 3. The third kappa shape index (κ3) is 3.11. The smallest absolute Gasteiger partial charge is 0.421 e. The summed E-state index contributed by atoms with van der Waals surface area (Å²) in [7, 11) is 0. The zero-order valence-electron chi connectivity index (χ0n) is 13.0. The fraction of sp³-hybridized carbons (Fsp3) is 0.294. The number of fused-ring (bicyclic) bond motifs is 1. The minimum atomic E-state index is -4.55. The molecule has 1 aliphatic carbocycles. The van der Waals surface area contributed by atoms with Gasteiger partial charge in [-0.15, -0.1) is 0 Å². The summed E-state index contributed by atoms with van der Waals surface area (Å²) in [5.41, 5.74) is 5.20. The van der Waals surface area contributed by atoms with Crippen LogP contribution in [0.3, 0.4) is 0 Å². The van der Waals surface area contributed by atoms with Crippen LogP contribution < -0.4 is 11.1 Å². The topological polar surface area (TPSA) is 77.0 Å². The number of nitrogens with two attached hydrogens (primary N) is 1. The SMILES string of the molecule is Nc1nc(NC[C@@H]2CC2c2cc3ccccc3o2)ncc1C(F)(F)F. The normalized spacial score (nSPS) is 20.0. The van der Waals surface area contributed by atoms with Gasteiger partial charge >= 0.3 is 6.18 Å². The molecule has 3 aromatic rings. The van der Waals surface area contributed by atoms with E-state index in [9.17, 15) is 13.2 Å². The van der Waals surface area contributed by atoms with Crippen molar-refractivity contribution in [3.05, 3.63) is 47.9 Å². The maximum atomic E-state index is 12.6. The van der Waals surface area contributed by atoms with Gasteiger partial charge in [0.1, 0.15) is 22.7 Å². The third-order valence-corrected chi connectivity index (χ3v) is 4.38. The van der Waals surface area contributed by atoms with E-state index in [1.807, 2.05) is 30.3 Å². The van der Waals surface area contributed by atoms with Gasteiger partial charge in [0.15, 0.2) is 0 Å². The molecule has 1 unspecified atom stereocenters. The molecular formula is C17H15F3N4O. The third-order valence-electron chi connectivity index (χ3n) is 4.38. The van der Waals surface area contributed by atoms with Gasteiger partial charge in [-0.3, -0.25) is 0 Å². The fourth-order valence-electron chi connectivity index (χ4n) is 2.93. The molecule has 5 nitrogen and oxygen atoms in total. The summed E-state index contributed by atoms with van der Waals surface area (Å²) in [6.45, 7) is 0.548. The Labute approximate surface area is 141 Å². The summed E-state index contributed by atoms with van der Waals surface area (Å²) in [6, 6.07) is 9.84. The van der Waals surface area contributed by atoms with Gasteiger partial charge in [-0.2, -0.15) is 18.2 Å². The van der Waals surface area contributed by atoms with Crippen molar-refractivity contribution < 1.29 is 17.6 Å². The molecule has 0 bridgehead atoms. The summed E-state index contributed by atoms with van der Waals surface area (Å²) in [5.74, 6) is 1.08. The van der Waals surface area contributed by atoms with Gasteiger partial charge in [0.25, 0.3) is 0 Å². The Hall–Kier alpha value is -2.77. The number of para-hydroxylation sites is 1. The monoisotopic (exact) mass is 348 g/mol.